The summed E-state index contributed by atoms with van der Waals surface area (Å²) in [4.78, 5) is 2.52. The summed E-state index contributed by atoms with van der Waals surface area (Å²) in [5, 5.41) is 3.49. The van der Waals surface area contributed by atoms with Gasteiger partial charge in [-0.25, -0.2) is 0 Å². The van der Waals surface area contributed by atoms with Crippen LogP contribution in [0.25, 0.3) is 0 Å². The lowest BCUT2D eigenvalue weighted by Gasteiger charge is -2.34. The van der Waals surface area contributed by atoms with Crippen molar-refractivity contribution < 1.29 is 9.47 Å². The van der Waals surface area contributed by atoms with Crippen molar-refractivity contribution in [2.75, 3.05) is 33.9 Å². The minimum Gasteiger partial charge on any atom is -0.493 e. The molecule has 20 heavy (non-hydrogen) atoms. The van der Waals surface area contributed by atoms with E-state index in [0.29, 0.717) is 6.04 Å². The maximum absolute atomic E-state index is 5.53. The van der Waals surface area contributed by atoms with Gasteiger partial charge in [-0.3, -0.25) is 4.90 Å². The maximum Gasteiger partial charge on any atom is 0.165 e. The van der Waals surface area contributed by atoms with E-state index in [1.807, 2.05) is 12.1 Å². The van der Waals surface area contributed by atoms with E-state index in [1.165, 1.54) is 18.4 Å². The Kier molecular flexibility index (Phi) is 5.68. The molecule has 2 rings (SSSR count). The number of benzene rings is 1. The molecule has 1 atom stereocenters. The molecule has 4 heteroatoms. The lowest BCUT2D eigenvalue weighted by molar-refractivity contribution is 0.164. The highest BCUT2D eigenvalue weighted by Crippen LogP contribution is 2.32. The van der Waals surface area contributed by atoms with Gasteiger partial charge in [0.1, 0.15) is 0 Å². The molecule has 1 aliphatic heterocycles. The van der Waals surface area contributed by atoms with Crippen LogP contribution in [-0.2, 0) is 6.54 Å². The number of rotatable bonds is 6. The lowest BCUT2D eigenvalue weighted by atomic mass is 10.0. The fourth-order valence-corrected chi connectivity index (χ4v) is 2.94. The van der Waals surface area contributed by atoms with E-state index in [9.17, 15) is 0 Å². The SMILES string of the molecule is CCN(Cc1cccc(OC)c1OC)C1CCCNC1. The van der Waals surface area contributed by atoms with Crippen LogP contribution in [0.3, 0.4) is 0 Å². The van der Waals surface area contributed by atoms with Gasteiger partial charge in [-0.1, -0.05) is 19.1 Å². The number of hydrogen-bond donors (Lipinski definition) is 1. The van der Waals surface area contributed by atoms with Gasteiger partial charge in [-0.05, 0) is 32.0 Å². The molecule has 1 aliphatic rings. The van der Waals surface area contributed by atoms with Gasteiger partial charge in [0.2, 0.25) is 0 Å². The molecule has 0 aliphatic carbocycles. The van der Waals surface area contributed by atoms with Crippen molar-refractivity contribution >= 4 is 0 Å². The Morgan fingerprint density at radius 2 is 2.15 bits per heavy atom. The van der Waals surface area contributed by atoms with E-state index >= 15 is 0 Å². The quantitative estimate of drug-likeness (QED) is 0.865. The monoisotopic (exact) mass is 278 g/mol. The molecular weight excluding hydrogens is 252 g/mol. The van der Waals surface area contributed by atoms with Crippen molar-refractivity contribution in [3.8, 4) is 11.5 Å². The van der Waals surface area contributed by atoms with E-state index in [2.05, 4.69) is 23.2 Å². The summed E-state index contributed by atoms with van der Waals surface area (Å²) in [5.41, 5.74) is 1.19. The van der Waals surface area contributed by atoms with E-state index in [1.54, 1.807) is 14.2 Å². The summed E-state index contributed by atoms with van der Waals surface area (Å²) >= 11 is 0. The van der Waals surface area contributed by atoms with Crippen molar-refractivity contribution in [3.05, 3.63) is 23.8 Å². The van der Waals surface area contributed by atoms with E-state index < -0.39 is 0 Å². The molecule has 1 unspecified atom stereocenters. The summed E-state index contributed by atoms with van der Waals surface area (Å²) in [5.74, 6) is 1.67. The van der Waals surface area contributed by atoms with Crippen molar-refractivity contribution in [1.82, 2.24) is 10.2 Å². The van der Waals surface area contributed by atoms with Gasteiger partial charge in [0.05, 0.1) is 14.2 Å². The standard InChI is InChI=1S/C16H26N2O2/c1-4-18(14-8-6-10-17-11-14)12-13-7-5-9-15(19-2)16(13)20-3/h5,7,9,14,17H,4,6,8,10-12H2,1-3H3. The molecule has 112 valence electrons. The highest BCUT2D eigenvalue weighted by molar-refractivity contribution is 5.46. The Morgan fingerprint density at radius 1 is 1.30 bits per heavy atom. The number of piperidine rings is 1. The summed E-state index contributed by atoms with van der Waals surface area (Å²) in [6, 6.07) is 6.72. The number of hydrogen-bond acceptors (Lipinski definition) is 4. The average Bonchev–Trinajstić information content (AvgIpc) is 2.52. The first-order chi connectivity index (χ1) is 9.80. The minimum absolute atomic E-state index is 0.615. The van der Waals surface area contributed by atoms with Crippen molar-refractivity contribution in [2.24, 2.45) is 0 Å². The second-order valence-electron chi connectivity index (χ2n) is 5.22. The van der Waals surface area contributed by atoms with E-state index in [4.69, 9.17) is 9.47 Å². The Morgan fingerprint density at radius 3 is 2.75 bits per heavy atom. The maximum atomic E-state index is 5.53. The van der Waals surface area contributed by atoms with Crippen LogP contribution in [0.1, 0.15) is 25.3 Å². The molecule has 1 fully saturated rings. The van der Waals surface area contributed by atoms with Gasteiger partial charge in [0, 0.05) is 24.7 Å². The summed E-state index contributed by atoms with van der Waals surface area (Å²) in [6.45, 7) is 6.41. The molecule has 0 radical (unpaired) electrons. The zero-order valence-corrected chi connectivity index (χ0v) is 12.8. The smallest absolute Gasteiger partial charge is 0.165 e. The van der Waals surface area contributed by atoms with Crippen LogP contribution < -0.4 is 14.8 Å². The van der Waals surface area contributed by atoms with Gasteiger partial charge in [-0.2, -0.15) is 0 Å². The largest absolute Gasteiger partial charge is 0.493 e. The van der Waals surface area contributed by atoms with Crippen LogP contribution in [-0.4, -0.2) is 44.8 Å². The molecule has 1 aromatic carbocycles. The first-order valence-corrected chi connectivity index (χ1v) is 7.44. The number of nitrogens with one attached hydrogen (secondary N) is 1. The summed E-state index contributed by atoms with van der Waals surface area (Å²) in [6.07, 6.45) is 2.53. The molecule has 0 bridgehead atoms. The fourth-order valence-electron chi connectivity index (χ4n) is 2.94. The van der Waals surface area contributed by atoms with Crippen LogP contribution in [0, 0.1) is 0 Å². The van der Waals surface area contributed by atoms with E-state index in [0.717, 1.165) is 37.7 Å². The number of likely N-dealkylation sites (N-methyl/N-ethyl adjacent to an activating group) is 1. The highest BCUT2D eigenvalue weighted by atomic mass is 16.5. The van der Waals surface area contributed by atoms with Gasteiger partial charge in [-0.15, -0.1) is 0 Å². The number of ether oxygens (including phenoxy) is 2. The molecule has 0 aromatic heterocycles. The Balaban J connectivity index is 2.14. The number of para-hydroxylation sites is 1. The van der Waals surface area contributed by atoms with Crippen LogP contribution in [0.4, 0.5) is 0 Å². The fraction of sp³-hybridized carbons (Fsp3) is 0.625. The zero-order chi connectivity index (χ0) is 14.4. The van der Waals surface area contributed by atoms with Gasteiger partial charge in [0.15, 0.2) is 11.5 Å². The van der Waals surface area contributed by atoms with Gasteiger partial charge < -0.3 is 14.8 Å². The second kappa shape index (κ2) is 7.50. The van der Waals surface area contributed by atoms with Crippen LogP contribution in [0.15, 0.2) is 18.2 Å². The highest BCUT2D eigenvalue weighted by Gasteiger charge is 2.21. The Bertz CT molecular complexity index is 417. The van der Waals surface area contributed by atoms with Crippen molar-refractivity contribution in [2.45, 2.75) is 32.4 Å². The molecule has 0 spiro atoms. The molecule has 1 heterocycles. The summed E-state index contributed by atoms with van der Waals surface area (Å²) in [7, 11) is 3.39. The Hall–Kier alpha value is -1.26. The van der Waals surface area contributed by atoms with Crippen molar-refractivity contribution in [3.63, 3.8) is 0 Å². The second-order valence-corrected chi connectivity index (χ2v) is 5.22. The lowest BCUT2D eigenvalue weighted by Crippen LogP contribution is -2.45. The molecule has 0 amide bonds. The minimum atomic E-state index is 0.615. The Labute approximate surface area is 122 Å². The molecule has 4 nitrogen and oxygen atoms in total. The predicted molar refractivity (Wildman–Crippen MR) is 81.5 cm³/mol. The molecule has 1 N–H and O–H groups in total. The van der Waals surface area contributed by atoms with Crippen molar-refractivity contribution in [1.29, 1.82) is 0 Å². The third kappa shape index (κ3) is 3.44. The average molecular weight is 278 g/mol. The molecule has 0 saturated carbocycles. The third-order valence-corrected chi connectivity index (χ3v) is 4.05. The normalized spacial score (nSPS) is 19.1. The first-order valence-electron chi connectivity index (χ1n) is 7.44. The molecule has 1 saturated heterocycles. The zero-order valence-electron chi connectivity index (χ0n) is 12.8. The number of methoxy groups -OCH3 is 2. The van der Waals surface area contributed by atoms with Crippen LogP contribution >= 0.6 is 0 Å². The van der Waals surface area contributed by atoms with E-state index in [-0.39, 0.29) is 0 Å². The van der Waals surface area contributed by atoms with Crippen LogP contribution in [0.5, 0.6) is 11.5 Å². The third-order valence-electron chi connectivity index (χ3n) is 4.05. The topological polar surface area (TPSA) is 33.7 Å². The van der Waals surface area contributed by atoms with Gasteiger partial charge in [0.25, 0.3) is 0 Å². The predicted octanol–water partition coefficient (Wildman–Crippen LogP) is 2.28. The molecule has 1 aromatic rings. The first kappa shape index (κ1) is 15.1. The number of nitrogens with zero attached hydrogens (tertiary/aromatic N) is 1. The van der Waals surface area contributed by atoms with Gasteiger partial charge >= 0.3 is 0 Å². The van der Waals surface area contributed by atoms with Crippen LogP contribution in [0.2, 0.25) is 0 Å². The molecular formula is C16H26N2O2. The summed E-state index contributed by atoms with van der Waals surface area (Å²) < 4.78 is 10.9.